The van der Waals surface area contributed by atoms with Crippen LogP contribution in [0.15, 0.2) is 24.4 Å². The van der Waals surface area contributed by atoms with Crippen LogP contribution in [0.4, 0.5) is 11.8 Å². The average Bonchev–Trinajstić information content (AvgIpc) is 3.05. The van der Waals surface area contributed by atoms with Crippen molar-refractivity contribution in [2.45, 2.75) is 19.3 Å². The monoisotopic (exact) mass is 266 g/mol. The number of nitrogen functional groups attached to an aromatic ring is 2. The Morgan fingerprint density at radius 2 is 1.90 bits per heavy atom. The third kappa shape index (κ3) is 1.54. The third-order valence-electron chi connectivity index (χ3n) is 3.84. The maximum absolute atomic E-state index is 5.93. The van der Waals surface area contributed by atoms with Gasteiger partial charge in [-0.1, -0.05) is 12.1 Å². The van der Waals surface area contributed by atoms with Gasteiger partial charge < -0.3 is 11.5 Å². The van der Waals surface area contributed by atoms with Crippen molar-refractivity contribution in [1.29, 1.82) is 0 Å². The van der Waals surface area contributed by atoms with Gasteiger partial charge in [-0.3, -0.25) is 4.40 Å². The maximum Gasteiger partial charge on any atom is 0.226 e. The molecule has 6 nitrogen and oxygen atoms in total. The van der Waals surface area contributed by atoms with Crippen LogP contribution in [0.1, 0.15) is 17.5 Å². The molecule has 4 N–H and O–H groups in total. The highest BCUT2D eigenvalue weighted by Crippen LogP contribution is 2.28. The molecule has 1 aliphatic rings. The van der Waals surface area contributed by atoms with Gasteiger partial charge in [0.1, 0.15) is 0 Å². The quantitative estimate of drug-likeness (QED) is 0.695. The molecule has 0 bridgehead atoms. The average molecular weight is 266 g/mol. The summed E-state index contributed by atoms with van der Waals surface area (Å²) in [5, 5.41) is 7.73. The zero-order valence-corrected chi connectivity index (χ0v) is 10.9. The first-order chi connectivity index (χ1) is 9.72. The predicted molar refractivity (Wildman–Crippen MR) is 77.1 cm³/mol. The molecule has 0 saturated heterocycles. The number of hydrogen-bond donors (Lipinski definition) is 2. The number of anilines is 2. The summed E-state index contributed by atoms with van der Waals surface area (Å²) in [5.41, 5.74) is 16.9. The molecule has 2 aromatic heterocycles. The molecule has 2 heterocycles. The molecule has 20 heavy (non-hydrogen) atoms. The Balaban J connectivity index is 1.91. The van der Waals surface area contributed by atoms with Crippen LogP contribution in [0, 0.1) is 0 Å². The molecule has 0 amide bonds. The van der Waals surface area contributed by atoms with E-state index in [1.54, 1.807) is 4.40 Å². The molecule has 0 spiro atoms. The van der Waals surface area contributed by atoms with Crippen LogP contribution < -0.4 is 11.5 Å². The lowest BCUT2D eigenvalue weighted by molar-refractivity contribution is 0.912. The SMILES string of the molecule is Nc1nc(-c2ccc3c(c2)CCC3)cn2c(N)nnc12. The van der Waals surface area contributed by atoms with Crippen molar-refractivity contribution in [1.82, 2.24) is 19.6 Å². The van der Waals surface area contributed by atoms with Gasteiger partial charge in [0.05, 0.1) is 5.69 Å². The molecule has 0 atom stereocenters. The van der Waals surface area contributed by atoms with Gasteiger partial charge >= 0.3 is 0 Å². The maximum atomic E-state index is 5.93. The normalized spacial score (nSPS) is 13.8. The summed E-state index contributed by atoms with van der Waals surface area (Å²) in [6.07, 6.45) is 5.36. The first-order valence-electron chi connectivity index (χ1n) is 6.61. The molecule has 100 valence electrons. The summed E-state index contributed by atoms with van der Waals surface area (Å²) in [6, 6.07) is 6.45. The minimum Gasteiger partial charge on any atom is -0.381 e. The summed E-state index contributed by atoms with van der Waals surface area (Å²) in [6.45, 7) is 0. The fourth-order valence-electron chi connectivity index (χ4n) is 2.81. The lowest BCUT2D eigenvalue weighted by Gasteiger charge is -2.07. The van der Waals surface area contributed by atoms with E-state index in [0.29, 0.717) is 17.4 Å². The molecule has 1 aliphatic carbocycles. The van der Waals surface area contributed by atoms with E-state index >= 15 is 0 Å². The number of nitrogens with two attached hydrogens (primary N) is 2. The van der Waals surface area contributed by atoms with Gasteiger partial charge in [0, 0.05) is 11.8 Å². The molecule has 0 fully saturated rings. The van der Waals surface area contributed by atoms with Crippen LogP contribution in [0.2, 0.25) is 0 Å². The molecule has 0 radical (unpaired) electrons. The van der Waals surface area contributed by atoms with E-state index in [-0.39, 0.29) is 0 Å². The van der Waals surface area contributed by atoms with Gasteiger partial charge in [-0.2, -0.15) is 0 Å². The van der Waals surface area contributed by atoms with E-state index in [2.05, 4.69) is 33.4 Å². The van der Waals surface area contributed by atoms with Crippen LogP contribution in [-0.4, -0.2) is 19.6 Å². The van der Waals surface area contributed by atoms with Crippen LogP contribution in [0.3, 0.4) is 0 Å². The second kappa shape index (κ2) is 3.93. The van der Waals surface area contributed by atoms with Crippen molar-refractivity contribution in [2.24, 2.45) is 0 Å². The third-order valence-corrected chi connectivity index (χ3v) is 3.84. The van der Waals surface area contributed by atoms with Crippen molar-refractivity contribution in [3.8, 4) is 11.3 Å². The Hall–Kier alpha value is -2.63. The van der Waals surface area contributed by atoms with E-state index in [4.69, 9.17) is 11.5 Å². The Bertz CT molecular complexity index is 820. The molecule has 0 unspecified atom stereocenters. The molecule has 3 aromatic rings. The topological polar surface area (TPSA) is 95.1 Å². The highest BCUT2D eigenvalue weighted by molar-refractivity contribution is 5.69. The van der Waals surface area contributed by atoms with Gasteiger partial charge in [-0.15, -0.1) is 10.2 Å². The Kier molecular flexibility index (Phi) is 2.20. The van der Waals surface area contributed by atoms with Crippen molar-refractivity contribution in [3.63, 3.8) is 0 Å². The standard InChI is InChI=1S/C14H14N6/c15-12-13-18-19-14(16)20(13)7-11(17-12)10-5-4-8-2-1-3-9(8)6-10/h4-7H,1-3H2,(H2,15,17)(H2,16,19). The second-order valence-electron chi connectivity index (χ2n) is 5.10. The predicted octanol–water partition coefficient (Wildman–Crippen LogP) is 1.44. The molecule has 0 aliphatic heterocycles. The fourth-order valence-corrected chi connectivity index (χ4v) is 2.81. The smallest absolute Gasteiger partial charge is 0.226 e. The number of aryl methyl sites for hydroxylation is 2. The number of rotatable bonds is 1. The van der Waals surface area contributed by atoms with E-state index in [0.717, 1.165) is 17.7 Å². The van der Waals surface area contributed by atoms with E-state index in [1.165, 1.54) is 24.0 Å². The number of nitrogens with zero attached hydrogens (tertiary/aromatic N) is 4. The van der Waals surface area contributed by atoms with E-state index in [1.807, 2.05) is 6.20 Å². The Morgan fingerprint density at radius 3 is 2.80 bits per heavy atom. The highest BCUT2D eigenvalue weighted by Gasteiger charge is 2.14. The summed E-state index contributed by atoms with van der Waals surface area (Å²) in [4.78, 5) is 4.41. The van der Waals surface area contributed by atoms with Crippen molar-refractivity contribution in [2.75, 3.05) is 11.5 Å². The van der Waals surface area contributed by atoms with Gasteiger partial charge in [0.25, 0.3) is 0 Å². The van der Waals surface area contributed by atoms with Crippen molar-refractivity contribution in [3.05, 3.63) is 35.5 Å². The number of aromatic nitrogens is 4. The first-order valence-corrected chi connectivity index (χ1v) is 6.61. The van der Waals surface area contributed by atoms with Crippen LogP contribution in [0.5, 0.6) is 0 Å². The summed E-state index contributed by atoms with van der Waals surface area (Å²) in [7, 11) is 0. The van der Waals surface area contributed by atoms with E-state index in [9.17, 15) is 0 Å². The fraction of sp³-hybridized carbons (Fsp3) is 0.214. The number of fused-ring (bicyclic) bond motifs is 2. The lowest BCUT2D eigenvalue weighted by Crippen LogP contribution is -2.01. The highest BCUT2D eigenvalue weighted by atomic mass is 15.3. The molecular formula is C14H14N6. The molecule has 6 heteroatoms. The molecule has 4 rings (SSSR count). The van der Waals surface area contributed by atoms with Gasteiger partial charge in [0.15, 0.2) is 5.82 Å². The zero-order valence-electron chi connectivity index (χ0n) is 10.9. The van der Waals surface area contributed by atoms with Crippen LogP contribution >= 0.6 is 0 Å². The minimum atomic E-state index is 0.316. The molecular weight excluding hydrogens is 252 g/mol. The van der Waals surface area contributed by atoms with Crippen LogP contribution in [-0.2, 0) is 12.8 Å². The first kappa shape index (κ1) is 11.2. The Morgan fingerprint density at radius 1 is 1.05 bits per heavy atom. The summed E-state index contributed by atoms with van der Waals surface area (Å²) >= 11 is 0. The van der Waals surface area contributed by atoms with Crippen LogP contribution in [0.25, 0.3) is 16.9 Å². The zero-order chi connectivity index (χ0) is 13.7. The molecule has 0 saturated carbocycles. The minimum absolute atomic E-state index is 0.316. The van der Waals surface area contributed by atoms with E-state index < -0.39 is 0 Å². The molecule has 1 aromatic carbocycles. The summed E-state index contributed by atoms with van der Waals surface area (Å²) < 4.78 is 1.67. The van der Waals surface area contributed by atoms with Gasteiger partial charge in [-0.25, -0.2) is 4.98 Å². The second-order valence-corrected chi connectivity index (χ2v) is 5.10. The van der Waals surface area contributed by atoms with Gasteiger partial charge in [0.2, 0.25) is 11.6 Å². The number of hydrogen-bond acceptors (Lipinski definition) is 5. The van der Waals surface area contributed by atoms with Gasteiger partial charge in [-0.05, 0) is 36.5 Å². The largest absolute Gasteiger partial charge is 0.381 e. The summed E-state index contributed by atoms with van der Waals surface area (Å²) in [5.74, 6) is 0.656. The Labute approximate surface area is 115 Å². The number of benzene rings is 1. The lowest BCUT2D eigenvalue weighted by atomic mass is 10.0. The van der Waals surface area contributed by atoms with Crippen molar-refractivity contribution >= 4 is 17.4 Å². The van der Waals surface area contributed by atoms with Crippen molar-refractivity contribution < 1.29 is 0 Å².